The first-order valence-corrected chi connectivity index (χ1v) is 7.91. The van der Waals surface area contributed by atoms with Crippen LogP contribution in [0.1, 0.15) is 47.0 Å². The molecule has 1 N–H and O–H groups in total. The summed E-state index contributed by atoms with van der Waals surface area (Å²) < 4.78 is 27.8. The van der Waals surface area contributed by atoms with Crippen molar-refractivity contribution in [3.63, 3.8) is 0 Å². The Kier molecular flexibility index (Phi) is 4.59. The molecule has 2 rings (SSSR count). The molecule has 1 saturated heterocycles. The monoisotopic (exact) mass is 309 g/mol. The molecule has 1 aliphatic heterocycles. The Balaban J connectivity index is 2.35. The lowest BCUT2D eigenvalue weighted by molar-refractivity contribution is -0.117. The lowest BCUT2D eigenvalue weighted by Gasteiger charge is -2.36. The number of nitrogens with one attached hydrogen (secondary N) is 1. The molecule has 122 valence electrons. The maximum absolute atomic E-state index is 13.9. The fraction of sp³-hybridized carbons (Fsp3) is 0.611. The predicted molar refractivity (Wildman–Crippen MR) is 84.7 cm³/mol. The Bertz CT molecular complexity index is 554. The normalized spacial score (nSPS) is 32.2. The van der Waals surface area contributed by atoms with Gasteiger partial charge in [-0.2, -0.15) is 0 Å². The van der Waals surface area contributed by atoms with E-state index in [2.05, 4.69) is 5.32 Å². The molecule has 1 aliphatic carbocycles. The third kappa shape index (κ3) is 3.16. The molecule has 4 heteroatoms. The van der Waals surface area contributed by atoms with Gasteiger partial charge in [0, 0.05) is 19.0 Å². The van der Waals surface area contributed by atoms with E-state index < -0.39 is 11.3 Å². The van der Waals surface area contributed by atoms with E-state index in [1.807, 2.05) is 26.0 Å². The van der Waals surface area contributed by atoms with Crippen LogP contribution in [0.15, 0.2) is 34.9 Å². The number of carbonyl (C=O) groups is 1. The number of carbonyl (C=O) groups excluding carboxylic acids is 1. The summed E-state index contributed by atoms with van der Waals surface area (Å²) in [5, 5.41) is 2.89. The van der Waals surface area contributed by atoms with E-state index >= 15 is 0 Å². The molecule has 0 aromatic rings. The average Bonchev–Trinajstić information content (AvgIpc) is 2.45. The average molecular weight is 309 g/mol. The second-order valence-electron chi connectivity index (χ2n) is 6.76. The molecular weight excluding hydrogens is 284 g/mol. The molecule has 0 saturated carbocycles. The van der Waals surface area contributed by atoms with Gasteiger partial charge in [0.1, 0.15) is 0 Å². The molecule has 22 heavy (non-hydrogen) atoms. The minimum absolute atomic E-state index is 0.0431. The number of allylic oxidation sites excluding steroid dienone is 4. The zero-order chi connectivity index (χ0) is 16.5. The molecule has 1 amide bonds. The van der Waals surface area contributed by atoms with Crippen LogP contribution < -0.4 is 5.32 Å². The molecule has 2 unspecified atom stereocenters. The first-order chi connectivity index (χ1) is 10.2. The van der Waals surface area contributed by atoms with Crippen LogP contribution >= 0.6 is 0 Å². The Morgan fingerprint density at radius 3 is 2.68 bits per heavy atom. The van der Waals surface area contributed by atoms with Crippen LogP contribution in [0.25, 0.3) is 0 Å². The Morgan fingerprint density at radius 1 is 1.41 bits per heavy atom. The second-order valence-corrected chi connectivity index (χ2v) is 6.76. The van der Waals surface area contributed by atoms with Crippen molar-refractivity contribution in [3.05, 3.63) is 34.9 Å². The molecule has 0 spiro atoms. The largest absolute Gasteiger partial charge is 0.352 e. The summed E-state index contributed by atoms with van der Waals surface area (Å²) in [6.07, 6.45) is 7.21. The summed E-state index contributed by atoms with van der Waals surface area (Å²) in [6, 6.07) is 0. The first kappa shape index (κ1) is 16.9. The quantitative estimate of drug-likeness (QED) is 0.715. The number of alkyl halides is 2. The van der Waals surface area contributed by atoms with Gasteiger partial charge in [0.25, 0.3) is 5.92 Å². The van der Waals surface area contributed by atoms with Gasteiger partial charge in [0.2, 0.25) is 5.91 Å². The van der Waals surface area contributed by atoms with Gasteiger partial charge in [0.15, 0.2) is 0 Å². The molecule has 2 atom stereocenters. The van der Waals surface area contributed by atoms with Crippen molar-refractivity contribution in [2.24, 2.45) is 11.3 Å². The van der Waals surface area contributed by atoms with Gasteiger partial charge >= 0.3 is 0 Å². The van der Waals surface area contributed by atoms with E-state index in [0.29, 0.717) is 19.4 Å². The number of hydrogen-bond acceptors (Lipinski definition) is 1. The van der Waals surface area contributed by atoms with Crippen molar-refractivity contribution in [1.82, 2.24) is 5.32 Å². The van der Waals surface area contributed by atoms with Crippen LogP contribution in [0.3, 0.4) is 0 Å². The lowest BCUT2D eigenvalue weighted by Crippen LogP contribution is -2.36. The van der Waals surface area contributed by atoms with Crippen molar-refractivity contribution < 1.29 is 13.6 Å². The Hall–Kier alpha value is -1.45. The highest BCUT2D eigenvalue weighted by Gasteiger charge is 2.45. The predicted octanol–water partition coefficient (Wildman–Crippen LogP) is 4.40. The van der Waals surface area contributed by atoms with E-state index in [9.17, 15) is 13.6 Å². The van der Waals surface area contributed by atoms with Gasteiger partial charge in [-0.15, -0.1) is 0 Å². The third-order valence-electron chi connectivity index (χ3n) is 4.99. The molecule has 2 aliphatic rings. The summed E-state index contributed by atoms with van der Waals surface area (Å²) in [6.45, 7) is 6.96. The second kappa shape index (κ2) is 5.98. The highest BCUT2D eigenvalue weighted by molar-refractivity contribution is 5.93. The van der Waals surface area contributed by atoms with Gasteiger partial charge < -0.3 is 5.32 Å². The fourth-order valence-electron chi connectivity index (χ4n) is 3.25. The minimum atomic E-state index is -2.76. The smallest absolute Gasteiger partial charge is 0.254 e. The summed E-state index contributed by atoms with van der Waals surface area (Å²) in [5.74, 6) is -2.72. The molecule has 0 aromatic carbocycles. The Labute approximate surface area is 131 Å². The van der Waals surface area contributed by atoms with Gasteiger partial charge in [-0.1, -0.05) is 32.1 Å². The molecule has 0 aromatic heterocycles. The number of amides is 1. The number of rotatable bonds is 1. The highest BCUT2D eigenvalue weighted by atomic mass is 19.3. The summed E-state index contributed by atoms with van der Waals surface area (Å²) in [5.41, 5.74) is 1.71. The third-order valence-corrected chi connectivity index (χ3v) is 4.99. The Morgan fingerprint density at radius 2 is 2.09 bits per heavy atom. The fourth-order valence-corrected chi connectivity index (χ4v) is 3.25. The highest BCUT2D eigenvalue weighted by Crippen LogP contribution is 2.46. The zero-order valence-electron chi connectivity index (χ0n) is 13.8. The molecular formula is C18H25F2NO. The maximum Gasteiger partial charge on any atom is 0.254 e. The maximum atomic E-state index is 13.9. The molecule has 1 fully saturated rings. The SMILES string of the molecule is C/C=C1\C(=O)NCCC2=CC(C)(C(C)(F)F)CC=C2CC1C. The molecule has 2 nitrogen and oxygen atoms in total. The van der Waals surface area contributed by atoms with E-state index in [4.69, 9.17) is 0 Å². The van der Waals surface area contributed by atoms with Crippen LogP contribution in [0, 0.1) is 11.3 Å². The molecule has 0 radical (unpaired) electrons. The van der Waals surface area contributed by atoms with E-state index in [-0.39, 0.29) is 11.8 Å². The van der Waals surface area contributed by atoms with E-state index in [1.165, 1.54) is 0 Å². The van der Waals surface area contributed by atoms with Gasteiger partial charge in [-0.25, -0.2) is 8.78 Å². The summed E-state index contributed by atoms with van der Waals surface area (Å²) in [7, 11) is 0. The summed E-state index contributed by atoms with van der Waals surface area (Å²) >= 11 is 0. The summed E-state index contributed by atoms with van der Waals surface area (Å²) in [4.78, 5) is 12.1. The number of fused-ring (bicyclic) bond motifs is 1. The van der Waals surface area contributed by atoms with Crippen LogP contribution in [-0.4, -0.2) is 18.4 Å². The van der Waals surface area contributed by atoms with E-state index in [1.54, 1.807) is 13.0 Å². The zero-order valence-corrected chi connectivity index (χ0v) is 13.8. The van der Waals surface area contributed by atoms with Crippen molar-refractivity contribution in [2.75, 3.05) is 6.54 Å². The van der Waals surface area contributed by atoms with Crippen molar-refractivity contribution in [2.45, 2.75) is 52.9 Å². The lowest BCUT2D eigenvalue weighted by atomic mass is 9.72. The molecule has 1 heterocycles. The number of hydrogen-bond donors (Lipinski definition) is 1. The van der Waals surface area contributed by atoms with Crippen LogP contribution in [0.2, 0.25) is 0 Å². The van der Waals surface area contributed by atoms with Gasteiger partial charge in [-0.3, -0.25) is 4.79 Å². The van der Waals surface area contributed by atoms with Crippen molar-refractivity contribution in [3.8, 4) is 0 Å². The van der Waals surface area contributed by atoms with Crippen LogP contribution in [0.5, 0.6) is 0 Å². The topological polar surface area (TPSA) is 29.1 Å². The standard InChI is InChI=1S/C18H25F2NO/c1-5-15-12(2)10-13-6-8-17(3,18(4,19)20)11-14(13)7-9-21-16(15)22/h5-6,11-12H,7-10H2,1-4H3,(H,21,22)/b15-5-. The van der Waals surface area contributed by atoms with Crippen LogP contribution in [-0.2, 0) is 4.79 Å². The van der Waals surface area contributed by atoms with Crippen molar-refractivity contribution >= 4 is 5.91 Å². The number of halogens is 2. The van der Waals surface area contributed by atoms with Crippen LogP contribution in [0.4, 0.5) is 8.78 Å². The minimum Gasteiger partial charge on any atom is -0.352 e. The van der Waals surface area contributed by atoms with Gasteiger partial charge in [0.05, 0.1) is 5.41 Å². The first-order valence-electron chi connectivity index (χ1n) is 7.91. The molecule has 0 bridgehead atoms. The van der Waals surface area contributed by atoms with Crippen molar-refractivity contribution in [1.29, 1.82) is 0 Å². The van der Waals surface area contributed by atoms with Gasteiger partial charge in [-0.05, 0) is 43.3 Å². The van der Waals surface area contributed by atoms with E-state index in [0.717, 1.165) is 30.1 Å².